The van der Waals surface area contributed by atoms with Gasteiger partial charge in [-0.05, 0) is 33.8 Å². The number of rotatable bonds is 4. The number of benzene rings is 1. The molecule has 6 nitrogen and oxygen atoms in total. The van der Waals surface area contributed by atoms with Gasteiger partial charge in [-0.3, -0.25) is 4.79 Å². The first-order chi connectivity index (χ1) is 12.2. The van der Waals surface area contributed by atoms with E-state index in [9.17, 15) is 4.79 Å². The Bertz CT molecular complexity index is 841. The average Bonchev–Trinajstić information content (AvgIpc) is 2.82. The minimum atomic E-state index is -0.594. The van der Waals surface area contributed by atoms with E-state index in [1.54, 1.807) is 6.07 Å². The number of halogens is 1. The molecular formula is C18H20BClN2O4. The van der Waals surface area contributed by atoms with Crippen LogP contribution in [-0.2, 0) is 9.31 Å². The van der Waals surface area contributed by atoms with E-state index in [0.29, 0.717) is 28.2 Å². The number of nitrogens with zero attached hydrogens (tertiary/aromatic N) is 2. The van der Waals surface area contributed by atoms with Crippen LogP contribution in [0.4, 0.5) is 0 Å². The van der Waals surface area contributed by atoms with Gasteiger partial charge in [0, 0.05) is 17.2 Å². The van der Waals surface area contributed by atoms with E-state index in [0.717, 1.165) is 0 Å². The SMILES string of the molecule is COc1nc(-c2cccc(B3OC(C)(C)C(C)(C)O3)c2Cl)ncc1C=O. The number of carbonyl (C=O) groups is 1. The number of hydrogen-bond donors (Lipinski definition) is 0. The van der Waals surface area contributed by atoms with E-state index in [1.807, 2.05) is 39.8 Å². The second-order valence-corrected chi connectivity index (χ2v) is 7.45. The van der Waals surface area contributed by atoms with E-state index < -0.39 is 18.3 Å². The predicted molar refractivity (Wildman–Crippen MR) is 100 cm³/mol. The number of ether oxygens (including phenoxy) is 1. The fourth-order valence-electron chi connectivity index (χ4n) is 2.62. The Morgan fingerprint density at radius 1 is 1.19 bits per heavy atom. The van der Waals surface area contributed by atoms with Crippen molar-refractivity contribution in [2.24, 2.45) is 0 Å². The summed E-state index contributed by atoms with van der Waals surface area (Å²) in [6, 6.07) is 5.49. The topological polar surface area (TPSA) is 70.5 Å². The summed E-state index contributed by atoms with van der Waals surface area (Å²) in [6.45, 7) is 7.93. The maximum Gasteiger partial charge on any atom is 0.496 e. The zero-order chi connectivity index (χ0) is 19.1. The summed E-state index contributed by atoms with van der Waals surface area (Å²) in [5, 5.41) is 0.437. The van der Waals surface area contributed by atoms with Gasteiger partial charge in [-0.2, -0.15) is 4.98 Å². The van der Waals surface area contributed by atoms with Gasteiger partial charge in [-0.15, -0.1) is 0 Å². The Labute approximate surface area is 158 Å². The smallest absolute Gasteiger partial charge is 0.480 e. The zero-order valence-corrected chi connectivity index (χ0v) is 16.1. The maximum absolute atomic E-state index is 11.0. The molecular weight excluding hydrogens is 354 g/mol. The molecule has 0 spiro atoms. The van der Waals surface area contributed by atoms with Crippen molar-refractivity contribution >= 4 is 30.5 Å². The quantitative estimate of drug-likeness (QED) is 0.605. The Morgan fingerprint density at radius 2 is 1.85 bits per heavy atom. The molecule has 0 amide bonds. The van der Waals surface area contributed by atoms with E-state index in [4.69, 9.17) is 25.6 Å². The zero-order valence-electron chi connectivity index (χ0n) is 15.4. The molecule has 136 valence electrons. The lowest BCUT2D eigenvalue weighted by atomic mass is 9.78. The van der Waals surface area contributed by atoms with Crippen molar-refractivity contribution in [3.8, 4) is 17.3 Å². The van der Waals surface area contributed by atoms with E-state index in [-0.39, 0.29) is 11.4 Å². The molecule has 0 bridgehead atoms. The van der Waals surface area contributed by atoms with Gasteiger partial charge in [-0.25, -0.2) is 4.98 Å². The van der Waals surface area contributed by atoms with Crippen LogP contribution in [0.3, 0.4) is 0 Å². The lowest BCUT2D eigenvalue weighted by molar-refractivity contribution is 0.00578. The lowest BCUT2D eigenvalue weighted by Gasteiger charge is -2.32. The van der Waals surface area contributed by atoms with Crippen LogP contribution in [0.2, 0.25) is 5.02 Å². The van der Waals surface area contributed by atoms with Gasteiger partial charge in [0.15, 0.2) is 12.1 Å². The van der Waals surface area contributed by atoms with Crippen LogP contribution in [0.15, 0.2) is 24.4 Å². The third-order valence-electron chi connectivity index (χ3n) is 4.88. The molecule has 8 heteroatoms. The summed E-state index contributed by atoms with van der Waals surface area (Å²) in [5.74, 6) is 0.554. The minimum Gasteiger partial charge on any atom is -0.480 e. The van der Waals surface area contributed by atoms with Gasteiger partial charge in [0.1, 0.15) is 0 Å². The summed E-state index contributed by atoms with van der Waals surface area (Å²) in [7, 11) is 0.852. The third-order valence-corrected chi connectivity index (χ3v) is 5.30. The van der Waals surface area contributed by atoms with Gasteiger partial charge < -0.3 is 14.0 Å². The fourth-order valence-corrected chi connectivity index (χ4v) is 2.92. The Morgan fingerprint density at radius 3 is 2.42 bits per heavy atom. The molecule has 1 saturated heterocycles. The first-order valence-corrected chi connectivity index (χ1v) is 8.58. The largest absolute Gasteiger partial charge is 0.496 e. The molecule has 0 unspecified atom stereocenters. The van der Waals surface area contributed by atoms with Crippen LogP contribution in [0.25, 0.3) is 11.4 Å². The van der Waals surface area contributed by atoms with Crippen molar-refractivity contribution in [2.75, 3.05) is 7.11 Å². The summed E-state index contributed by atoms with van der Waals surface area (Å²) < 4.78 is 17.3. The van der Waals surface area contributed by atoms with Crippen LogP contribution >= 0.6 is 11.6 Å². The molecule has 0 radical (unpaired) electrons. The van der Waals surface area contributed by atoms with E-state index in [1.165, 1.54) is 13.3 Å². The molecule has 0 aliphatic carbocycles. The van der Waals surface area contributed by atoms with Crippen molar-refractivity contribution in [2.45, 2.75) is 38.9 Å². The Hall–Kier alpha value is -1.96. The molecule has 2 heterocycles. The van der Waals surface area contributed by atoms with E-state index in [2.05, 4.69) is 9.97 Å². The summed E-state index contributed by atoms with van der Waals surface area (Å²) in [6.07, 6.45) is 2.05. The van der Waals surface area contributed by atoms with Crippen LogP contribution in [0.1, 0.15) is 38.1 Å². The van der Waals surface area contributed by atoms with Crippen molar-refractivity contribution in [3.05, 3.63) is 35.0 Å². The monoisotopic (exact) mass is 374 g/mol. The van der Waals surface area contributed by atoms with Crippen LogP contribution < -0.4 is 10.2 Å². The van der Waals surface area contributed by atoms with Crippen LogP contribution in [0, 0.1) is 0 Å². The normalized spacial score (nSPS) is 18.0. The molecule has 1 aromatic heterocycles. The third kappa shape index (κ3) is 3.11. The molecule has 0 atom stereocenters. The molecule has 0 saturated carbocycles. The van der Waals surface area contributed by atoms with Crippen LogP contribution in [0.5, 0.6) is 5.88 Å². The summed E-state index contributed by atoms with van der Waals surface area (Å²) >= 11 is 6.63. The average molecular weight is 375 g/mol. The minimum absolute atomic E-state index is 0.196. The number of aldehydes is 1. The highest BCUT2D eigenvalue weighted by atomic mass is 35.5. The Kier molecular flexibility index (Phi) is 4.81. The maximum atomic E-state index is 11.0. The van der Waals surface area contributed by atoms with Crippen molar-refractivity contribution in [3.63, 3.8) is 0 Å². The molecule has 3 rings (SSSR count). The van der Waals surface area contributed by atoms with E-state index >= 15 is 0 Å². The predicted octanol–water partition coefficient (Wildman–Crippen LogP) is 2.92. The van der Waals surface area contributed by atoms with Crippen molar-refractivity contribution in [1.82, 2.24) is 9.97 Å². The molecule has 0 N–H and O–H groups in total. The lowest BCUT2D eigenvalue weighted by Crippen LogP contribution is -2.41. The second-order valence-electron chi connectivity index (χ2n) is 7.07. The Balaban J connectivity index is 2.03. The highest BCUT2D eigenvalue weighted by Gasteiger charge is 2.52. The highest BCUT2D eigenvalue weighted by Crippen LogP contribution is 2.37. The van der Waals surface area contributed by atoms with Crippen LogP contribution in [-0.4, -0.2) is 41.7 Å². The molecule has 26 heavy (non-hydrogen) atoms. The van der Waals surface area contributed by atoms with Crippen molar-refractivity contribution < 1.29 is 18.8 Å². The van der Waals surface area contributed by atoms with Gasteiger partial charge in [-0.1, -0.05) is 23.7 Å². The second kappa shape index (κ2) is 6.65. The number of carbonyl (C=O) groups excluding carboxylic acids is 1. The molecule has 1 aliphatic rings. The first kappa shape index (κ1) is 18.8. The van der Waals surface area contributed by atoms with Gasteiger partial charge >= 0.3 is 7.12 Å². The highest BCUT2D eigenvalue weighted by molar-refractivity contribution is 6.66. The number of hydrogen-bond acceptors (Lipinski definition) is 6. The van der Waals surface area contributed by atoms with Gasteiger partial charge in [0.2, 0.25) is 5.88 Å². The summed E-state index contributed by atoms with van der Waals surface area (Å²) in [5.41, 5.74) is 0.638. The fraction of sp³-hybridized carbons (Fsp3) is 0.389. The first-order valence-electron chi connectivity index (χ1n) is 8.21. The molecule has 1 fully saturated rings. The molecule has 1 aromatic carbocycles. The van der Waals surface area contributed by atoms with Crippen molar-refractivity contribution in [1.29, 1.82) is 0 Å². The summed E-state index contributed by atoms with van der Waals surface area (Å²) in [4.78, 5) is 19.5. The number of methoxy groups -OCH3 is 1. The molecule has 1 aliphatic heterocycles. The molecule has 2 aromatic rings. The standard InChI is InChI=1S/C18H20BClN2O4/c1-17(2)18(3,4)26-19(25-17)13-8-6-7-12(14(13)20)15-21-9-11(10-23)16(22-15)24-5/h6-10H,1-5H3. The van der Waals surface area contributed by atoms with Gasteiger partial charge in [0.05, 0.1) is 28.9 Å². The number of aromatic nitrogens is 2. The van der Waals surface area contributed by atoms with Gasteiger partial charge in [0.25, 0.3) is 0 Å².